The molecule has 2 atom stereocenters. The summed E-state index contributed by atoms with van der Waals surface area (Å²) in [6.07, 6.45) is 1.30. The summed E-state index contributed by atoms with van der Waals surface area (Å²) in [5.41, 5.74) is 3.97. The molecule has 1 aromatic rings. The van der Waals surface area contributed by atoms with Crippen molar-refractivity contribution in [2.24, 2.45) is 5.92 Å². The molecule has 3 rings (SSSR count). The summed E-state index contributed by atoms with van der Waals surface area (Å²) in [6, 6.07) is 4.46. The molecule has 1 aromatic carbocycles. The first-order valence-electron chi connectivity index (χ1n) is 6.80. The van der Waals surface area contributed by atoms with Crippen LogP contribution in [0.5, 0.6) is 5.75 Å². The first-order chi connectivity index (χ1) is 8.69. The van der Waals surface area contributed by atoms with E-state index < -0.39 is 0 Å². The molecule has 3 heteroatoms. The number of nitrogens with one attached hydrogen (secondary N) is 1. The van der Waals surface area contributed by atoms with Crippen molar-refractivity contribution >= 4 is 5.69 Å². The summed E-state index contributed by atoms with van der Waals surface area (Å²) in [5, 5.41) is 3.58. The SMILES string of the molecule is COc1cc(C)cc2c1NCC1CCN(C)CC21. The number of methoxy groups -OCH3 is 1. The number of nitrogens with zero attached hydrogens (tertiary/aromatic N) is 1. The summed E-state index contributed by atoms with van der Waals surface area (Å²) >= 11 is 0. The molecule has 0 aromatic heterocycles. The number of benzene rings is 1. The molecule has 0 aliphatic carbocycles. The highest BCUT2D eigenvalue weighted by atomic mass is 16.5. The van der Waals surface area contributed by atoms with E-state index in [4.69, 9.17) is 4.74 Å². The van der Waals surface area contributed by atoms with Crippen LogP contribution in [0.4, 0.5) is 5.69 Å². The van der Waals surface area contributed by atoms with Gasteiger partial charge in [-0.05, 0) is 50.0 Å². The smallest absolute Gasteiger partial charge is 0.142 e. The van der Waals surface area contributed by atoms with Crippen LogP contribution in [0.3, 0.4) is 0 Å². The number of rotatable bonds is 1. The fourth-order valence-electron chi connectivity index (χ4n) is 3.42. The van der Waals surface area contributed by atoms with Gasteiger partial charge >= 0.3 is 0 Å². The van der Waals surface area contributed by atoms with Crippen molar-refractivity contribution in [2.75, 3.05) is 39.1 Å². The molecule has 0 radical (unpaired) electrons. The highest BCUT2D eigenvalue weighted by Gasteiger charge is 2.34. The van der Waals surface area contributed by atoms with E-state index >= 15 is 0 Å². The van der Waals surface area contributed by atoms with Crippen molar-refractivity contribution in [2.45, 2.75) is 19.3 Å². The van der Waals surface area contributed by atoms with Gasteiger partial charge in [-0.25, -0.2) is 0 Å². The van der Waals surface area contributed by atoms with Crippen molar-refractivity contribution < 1.29 is 4.74 Å². The molecule has 2 heterocycles. The quantitative estimate of drug-likeness (QED) is 0.824. The molecule has 0 amide bonds. The molecule has 0 saturated carbocycles. The second-order valence-corrected chi connectivity index (χ2v) is 5.73. The molecule has 98 valence electrons. The van der Waals surface area contributed by atoms with Gasteiger partial charge in [-0.15, -0.1) is 0 Å². The Kier molecular flexibility index (Phi) is 2.94. The van der Waals surface area contributed by atoms with Crippen LogP contribution < -0.4 is 10.1 Å². The molecule has 1 N–H and O–H groups in total. The van der Waals surface area contributed by atoms with E-state index in [1.54, 1.807) is 7.11 Å². The lowest BCUT2D eigenvalue weighted by molar-refractivity contribution is 0.191. The molecular weight excluding hydrogens is 224 g/mol. The highest BCUT2D eigenvalue weighted by Crippen LogP contribution is 2.44. The van der Waals surface area contributed by atoms with Crippen molar-refractivity contribution in [3.05, 3.63) is 23.3 Å². The Morgan fingerprint density at radius 1 is 1.39 bits per heavy atom. The van der Waals surface area contributed by atoms with Gasteiger partial charge in [0.05, 0.1) is 12.8 Å². The topological polar surface area (TPSA) is 24.5 Å². The van der Waals surface area contributed by atoms with Gasteiger partial charge in [-0.1, -0.05) is 6.07 Å². The lowest BCUT2D eigenvalue weighted by Gasteiger charge is -2.41. The van der Waals surface area contributed by atoms with Crippen molar-refractivity contribution in [1.82, 2.24) is 4.90 Å². The Morgan fingerprint density at radius 2 is 2.22 bits per heavy atom. The largest absolute Gasteiger partial charge is 0.495 e. The summed E-state index contributed by atoms with van der Waals surface area (Å²) in [5.74, 6) is 2.44. The molecule has 2 aliphatic rings. The van der Waals surface area contributed by atoms with Crippen LogP contribution in [-0.2, 0) is 0 Å². The zero-order chi connectivity index (χ0) is 12.7. The van der Waals surface area contributed by atoms with E-state index in [0.717, 1.165) is 18.2 Å². The lowest BCUT2D eigenvalue weighted by Crippen LogP contribution is -2.42. The van der Waals surface area contributed by atoms with Gasteiger partial charge in [0.15, 0.2) is 0 Å². The van der Waals surface area contributed by atoms with Crippen molar-refractivity contribution in [1.29, 1.82) is 0 Å². The van der Waals surface area contributed by atoms with E-state index in [1.807, 2.05) is 0 Å². The third kappa shape index (κ3) is 1.87. The van der Waals surface area contributed by atoms with Crippen LogP contribution in [-0.4, -0.2) is 38.7 Å². The van der Waals surface area contributed by atoms with Gasteiger partial charge in [0.2, 0.25) is 0 Å². The predicted molar refractivity (Wildman–Crippen MR) is 74.6 cm³/mol. The summed E-state index contributed by atoms with van der Waals surface area (Å²) in [6.45, 7) is 5.64. The first kappa shape index (κ1) is 11.8. The van der Waals surface area contributed by atoms with E-state index in [2.05, 4.69) is 36.3 Å². The minimum Gasteiger partial charge on any atom is -0.495 e. The predicted octanol–water partition coefficient (Wildman–Crippen LogP) is 2.46. The van der Waals surface area contributed by atoms with Crippen LogP contribution in [0.25, 0.3) is 0 Å². The second-order valence-electron chi connectivity index (χ2n) is 5.73. The van der Waals surface area contributed by atoms with Crippen LogP contribution >= 0.6 is 0 Å². The van der Waals surface area contributed by atoms with Crippen LogP contribution in [0.2, 0.25) is 0 Å². The average Bonchev–Trinajstić information content (AvgIpc) is 2.37. The maximum Gasteiger partial charge on any atom is 0.142 e. The fraction of sp³-hybridized carbons (Fsp3) is 0.600. The molecule has 1 fully saturated rings. The van der Waals surface area contributed by atoms with Gasteiger partial charge in [-0.3, -0.25) is 0 Å². The molecular formula is C15H22N2O. The van der Waals surface area contributed by atoms with Crippen LogP contribution in [0.15, 0.2) is 12.1 Å². The molecule has 1 saturated heterocycles. The van der Waals surface area contributed by atoms with E-state index in [0.29, 0.717) is 5.92 Å². The minimum absolute atomic E-state index is 0.661. The van der Waals surface area contributed by atoms with Crippen molar-refractivity contribution in [3.63, 3.8) is 0 Å². The summed E-state index contributed by atoms with van der Waals surface area (Å²) in [4.78, 5) is 2.45. The van der Waals surface area contributed by atoms with Gasteiger partial charge in [-0.2, -0.15) is 0 Å². The standard InChI is InChI=1S/C15H22N2O/c1-10-6-12-13-9-17(2)5-4-11(13)8-16-15(12)14(7-10)18-3/h6-7,11,13,16H,4-5,8-9H2,1-3H3. The fourth-order valence-corrected chi connectivity index (χ4v) is 3.42. The molecule has 0 spiro atoms. The number of hydrogen-bond donors (Lipinski definition) is 1. The van der Waals surface area contributed by atoms with Crippen LogP contribution in [0, 0.1) is 12.8 Å². The zero-order valence-corrected chi connectivity index (χ0v) is 11.5. The van der Waals surface area contributed by atoms with Gasteiger partial charge in [0, 0.05) is 19.0 Å². The number of piperidine rings is 1. The number of aryl methyl sites for hydroxylation is 1. The molecule has 3 nitrogen and oxygen atoms in total. The Bertz CT molecular complexity index is 458. The molecule has 2 unspecified atom stereocenters. The molecule has 2 aliphatic heterocycles. The molecule has 0 bridgehead atoms. The summed E-state index contributed by atoms with van der Waals surface area (Å²) < 4.78 is 5.52. The van der Waals surface area contributed by atoms with E-state index in [1.165, 1.54) is 36.3 Å². The van der Waals surface area contributed by atoms with Gasteiger partial charge in [0.25, 0.3) is 0 Å². The van der Waals surface area contributed by atoms with Gasteiger partial charge < -0.3 is 15.0 Å². The second kappa shape index (κ2) is 4.47. The number of anilines is 1. The monoisotopic (exact) mass is 246 g/mol. The maximum absolute atomic E-state index is 5.52. The Morgan fingerprint density at radius 3 is 3.00 bits per heavy atom. The minimum atomic E-state index is 0.661. The average molecular weight is 246 g/mol. The van der Waals surface area contributed by atoms with E-state index in [-0.39, 0.29) is 0 Å². The zero-order valence-electron chi connectivity index (χ0n) is 11.5. The van der Waals surface area contributed by atoms with Gasteiger partial charge in [0.1, 0.15) is 5.75 Å². The maximum atomic E-state index is 5.52. The number of fused-ring (bicyclic) bond motifs is 3. The Balaban J connectivity index is 2.04. The van der Waals surface area contributed by atoms with E-state index in [9.17, 15) is 0 Å². The third-order valence-corrected chi connectivity index (χ3v) is 4.40. The number of likely N-dealkylation sites (tertiary alicyclic amines) is 1. The van der Waals surface area contributed by atoms with Crippen molar-refractivity contribution in [3.8, 4) is 5.75 Å². The first-order valence-corrected chi connectivity index (χ1v) is 6.80. The Labute approximate surface area is 109 Å². The van der Waals surface area contributed by atoms with Crippen LogP contribution in [0.1, 0.15) is 23.5 Å². The third-order valence-electron chi connectivity index (χ3n) is 4.40. The lowest BCUT2D eigenvalue weighted by atomic mass is 9.77. The Hall–Kier alpha value is -1.22. The number of hydrogen-bond acceptors (Lipinski definition) is 3. The normalized spacial score (nSPS) is 27.1. The summed E-state index contributed by atoms with van der Waals surface area (Å²) in [7, 11) is 3.99. The number of ether oxygens (including phenoxy) is 1. The number of likely N-dealkylation sites (N-methyl/N-ethyl adjacent to an activating group) is 1. The molecule has 18 heavy (non-hydrogen) atoms. The highest BCUT2D eigenvalue weighted by molar-refractivity contribution is 5.66.